The Morgan fingerprint density at radius 2 is 2.25 bits per heavy atom. The maximum Gasteiger partial charge on any atom is 0.161 e. The number of hydrogen-bond acceptors (Lipinski definition) is 4. The topological polar surface area (TPSA) is 47.0 Å². The summed E-state index contributed by atoms with van der Waals surface area (Å²) in [4.78, 5) is 9.30. The van der Waals surface area contributed by atoms with Gasteiger partial charge in [0.05, 0.1) is 18.9 Å². The van der Waals surface area contributed by atoms with E-state index in [1.165, 1.54) is 0 Å². The Hall–Kier alpha value is -1.65. The standard InChI is InChI=1S/C15H16ClN3O/c1-2-17-15-12-9-20-7-6-13(12)18-14(19-15)10-4-3-5-11(16)8-10/h3-5,8H,2,6-7,9H2,1H3,(H,17,18,19). The Morgan fingerprint density at radius 3 is 3.05 bits per heavy atom. The zero-order valence-electron chi connectivity index (χ0n) is 11.3. The summed E-state index contributed by atoms with van der Waals surface area (Å²) in [5.74, 6) is 1.58. The van der Waals surface area contributed by atoms with E-state index in [1.807, 2.05) is 24.3 Å². The summed E-state index contributed by atoms with van der Waals surface area (Å²) in [5.41, 5.74) is 3.08. The molecule has 4 nitrogen and oxygen atoms in total. The van der Waals surface area contributed by atoms with Gasteiger partial charge in [0.25, 0.3) is 0 Å². The van der Waals surface area contributed by atoms with Crippen molar-refractivity contribution in [2.45, 2.75) is 20.0 Å². The van der Waals surface area contributed by atoms with Crippen LogP contribution >= 0.6 is 11.6 Å². The van der Waals surface area contributed by atoms with Crippen LogP contribution in [0.1, 0.15) is 18.2 Å². The van der Waals surface area contributed by atoms with E-state index in [0.717, 1.165) is 35.6 Å². The first kappa shape index (κ1) is 13.3. The first-order valence-corrected chi connectivity index (χ1v) is 7.13. The number of halogens is 1. The van der Waals surface area contributed by atoms with Crippen molar-refractivity contribution >= 4 is 17.4 Å². The molecule has 0 unspecified atom stereocenters. The third-order valence-electron chi connectivity index (χ3n) is 3.25. The lowest BCUT2D eigenvalue weighted by Gasteiger charge is -2.20. The van der Waals surface area contributed by atoms with Gasteiger partial charge < -0.3 is 10.1 Å². The van der Waals surface area contributed by atoms with Gasteiger partial charge in [-0.05, 0) is 19.1 Å². The Kier molecular flexibility index (Phi) is 3.85. The van der Waals surface area contributed by atoms with Crippen molar-refractivity contribution in [1.29, 1.82) is 0 Å². The lowest BCUT2D eigenvalue weighted by molar-refractivity contribution is 0.109. The smallest absolute Gasteiger partial charge is 0.161 e. The first-order valence-electron chi connectivity index (χ1n) is 6.75. The normalized spacial score (nSPS) is 13.9. The molecule has 1 aromatic heterocycles. The molecule has 1 aliphatic heterocycles. The van der Waals surface area contributed by atoms with Gasteiger partial charge in [0, 0.05) is 29.1 Å². The highest BCUT2D eigenvalue weighted by Crippen LogP contribution is 2.27. The van der Waals surface area contributed by atoms with Gasteiger partial charge in [0.1, 0.15) is 5.82 Å². The Bertz CT molecular complexity index is 631. The van der Waals surface area contributed by atoms with Crippen molar-refractivity contribution in [2.24, 2.45) is 0 Å². The predicted octanol–water partition coefficient (Wildman–Crippen LogP) is 3.30. The molecule has 0 atom stereocenters. The number of nitrogens with one attached hydrogen (secondary N) is 1. The van der Waals surface area contributed by atoms with Crippen LogP contribution in [0.5, 0.6) is 0 Å². The minimum absolute atomic E-state index is 0.577. The molecule has 0 saturated carbocycles. The molecule has 0 bridgehead atoms. The lowest BCUT2D eigenvalue weighted by Crippen LogP contribution is -2.17. The number of fused-ring (bicyclic) bond motifs is 1. The predicted molar refractivity (Wildman–Crippen MR) is 80.0 cm³/mol. The van der Waals surface area contributed by atoms with Crippen LogP contribution in [0.2, 0.25) is 5.02 Å². The summed E-state index contributed by atoms with van der Waals surface area (Å²) >= 11 is 6.05. The molecule has 1 N–H and O–H groups in total. The van der Waals surface area contributed by atoms with Gasteiger partial charge in [-0.3, -0.25) is 0 Å². The SMILES string of the molecule is CCNc1nc(-c2cccc(Cl)c2)nc2c1COCC2. The van der Waals surface area contributed by atoms with Crippen molar-refractivity contribution < 1.29 is 4.74 Å². The van der Waals surface area contributed by atoms with Crippen LogP contribution in [-0.2, 0) is 17.8 Å². The van der Waals surface area contributed by atoms with Gasteiger partial charge in [-0.15, -0.1) is 0 Å². The molecule has 0 saturated heterocycles. The molecule has 104 valence electrons. The molecule has 5 heteroatoms. The van der Waals surface area contributed by atoms with E-state index in [-0.39, 0.29) is 0 Å². The summed E-state index contributed by atoms with van der Waals surface area (Å²) < 4.78 is 5.51. The van der Waals surface area contributed by atoms with Crippen molar-refractivity contribution in [3.63, 3.8) is 0 Å². The molecule has 0 aliphatic carbocycles. The van der Waals surface area contributed by atoms with Gasteiger partial charge in [-0.2, -0.15) is 0 Å². The molecule has 20 heavy (non-hydrogen) atoms. The summed E-state index contributed by atoms with van der Waals surface area (Å²) in [5, 5.41) is 3.99. The number of nitrogens with zero attached hydrogens (tertiary/aromatic N) is 2. The number of aromatic nitrogens is 2. The van der Waals surface area contributed by atoms with Gasteiger partial charge in [-0.25, -0.2) is 9.97 Å². The Labute approximate surface area is 123 Å². The van der Waals surface area contributed by atoms with Gasteiger partial charge in [0.15, 0.2) is 5.82 Å². The fourth-order valence-corrected chi connectivity index (χ4v) is 2.49. The molecule has 0 fully saturated rings. The second-order valence-electron chi connectivity index (χ2n) is 4.66. The van der Waals surface area contributed by atoms with E-state index in [4.69, 9.17) is 16.3 Å². The van der Waals surface area contributed by atoms with Crippen LogP contribution in [0.3, 0.4) is 0 Å². The maximum absolute atomic E-state index is 6.05. The van der Waals surface area contributed by atoms with Crippen LogP contribution < -0.4 is 5.32 Å². The highest BCUT2D eigenvalue weighted by atomic mass is 35.5. The average molecular weight is 290 g/mol. The van der Waals surface area contributed by atoms with Crippen molar-refractivity contribution in [1.82, 2.24) is 9.97 Å². The third kappa shape index (κ3) is 2.62. The minimum Gasteiger partial charge on any atom is -0.376 e. The van der Waals surface area contributed by atoms with Crippen molar-refractivity contribution in [3.05, 3.63) is 40.5 Å². The fraction of sp³-hybridized carbons (Fsp3) is 0.333. The minimum atomic E-state index is 0.577. The number of anilines is 1. The Balaban J connectivity index is 2.10. The van der Waals surface area contributed by atoms with Crippen LogP contribution in [0.4, 0.5) is 5.82 Å². The quantitative estimate of drug-likeness (QED) is 0.942. The molecule has 1 aromatic carbocycles. The summed E-state index contributed by atoms with van der Waals surface area (Å²) in [6, 6.07) is 7.63. The van der Waals surface area contributed by atoms with E-state index < -0.39 is 0 Å². The summed E-state index contributed by atoms with van der Waals surface area (Å²) in [7, 11) is 0. The first-order chi connectivity index (χ1) is 9.78. The van der Waals surface area contributed by atoms with E-state index in [0.29, 0.717) is 24.1 Å². The molecule has 3 rings (SSSR count). The Morgan fingerprint density at radius 1 is 1.35 bits per heavy atom. The molecule has 2 heterocycles. The van der Waals surface area contributed by atoms with E-state index in [9.17, 15) is 0 Å². The molecular weight excluding hydrogens is 274 g/mol. The van der Waals surface area contributed by atoms with E-state index >= 15 is 0 Å². The van der Waals surface area contributed by atoms with Gasteiger partial charge in [0.2, 0.25) is 0 Å². The summed E-state index contributed by atoms with van der Waals surface area (Å²) in [6.07, 6.45) is 0.823. The number of ether oxygens (including phenoxy) is 1. The van der Waals surface area contributed by atoms with Crippen LogP contribution in [0.15, 0.2) is 24.3 Å². The molecule has 2 aromatic rings. The molecule has 0 radical (unpaired) electrons. The summed E-state index contributed by atoms with van der Waals surface area (Å²) in [6.45, 7) is 4.16. The largest absolute Gasteiger partial charge is 0.376 e. The number of rotatable bonds is 3. The number of benzene rings is 1. The third-order valence-corrected chi connectivity index (χ3v) is 3.48. The molecule has 0 amide bonds. The van der Waals surface area contributed by atoms with Crippen LogP contribution in [0.25, 0.3) is 11.4 Å². The van der Waals surface area contributed by atoms with E-state index in [1.54, 1.807) is 0 Å². The second-order valence-corrected chi connectivity index (χ2v) is 5.10. The van der Waals surface area contributed by atoms with Crippen molar-refractivity contribution in [2.75, 3.05) is 18.5 Å². The highest BCUT2D eigenvalue weighted by Gasteiger charge is 2.18. The monoisotopic (exact) mass is 289 g/mol. The van der Waals surface area contributed by atoms with Gasteiger partial charge >= 0.3 is 0 Å². The van der Waals surface area contributed by atoms with Crippen LogP contribution in [0, 0.1) is 0 Å². The maximum atomic E-state index is 6.05. The molecule has 1 aliphatic rings. The molecular formula is C15H16ClN3O. The number of hydrogen-bond donors (Lipinski definition) is 1. The van der Waals surface area contributed by atoms with E-state index in [2.05, 4.69) is 22.2 Å². The van der Waals surface area contributed by atoms with Crippen molar-refractivity contribution in [3.8, 4) is 11.4 Å². The zero-order chi connectivity index (χ0) is 13.9. The molecule has 0 spiro atoms. The lowest BCUT2D eigenvalue weighted by atomic mass is 10.1. The van der Waals surface area contributed by atoms with Crippen LogP contribution in [-0.4, -0.2) is 23.1 Å². The second kappa shape index (κ2) is 5.77. The highest BCUT2D eigenvalue weighted by molar-refractivity contribution is 6.30. The average Bonchev–Trinajstić information content (AvgIpc) is 2.47. The fourth-order valence-electron chi connectivity index (χ4n) is 2.30. The zero-order valence-corrected chi connectivity index (χ0v) is 12.1. The van der Waals surface area contributed by atoms with Gasteiger partial charge in [-0.1, -0.05) is 23.7 Å².